The van der Waals surface area contributed by atoms with E-state index in [1.807, 2.05) is 11.3 Å². The maximum Gasteiger partial charge on any atom is 0.0359 e. The molecule has 0 atom stereocenters. The fraction of sp³-hybridized carbons (Fsp3) is 0.467. The molecule has 0 unspecified atom stereocenters. The quantitative estimate of drug-likeness (QED) is 0.807. The molecule has 2 rings (SSSR count). The van der Waals surface area contributed by atoms with Gasteiger partial charge in [0, 0.05) is 29.9 Å². The number of nitrogens with one attached hydrogen (secondary N) is 1. The summed E-state index contributed by atoms with van der Waals surface area (Å²) in [6.07, 6.45) is 3.31. The van der Waals surface area contributed by atoms with Crippen molar-refractivity contribution in [3.63, 3.8) is 0 Å². The third-order valence-corrected chi connectivity index (χ3v) is 3.90. The second-order valence-electron chi connectivity index (χ2n) is 5.05. The van der Waals surface area contributed by atoms with E-state index in [0.29, 0.717) is 5.92 Å². The van der Waals surface area contributed by atoms with Gasteiger partial charge >= 0.3 is 0 Å². The third-order valence-electron chi connectivity index (χ3n) is 2.96. The molecule has 0 aromatic carbocycles. The minimum Gasteiger partial charge on any atom is -0.350 e. The van der Waals surface area contributed by atoms with Crippen LogP contribution in [0.15, 0.2) is 35.8 Å². The molecule has 0 aliphatic carbocycles. The van der Waals surface area contributed by atoms with Crippen LogP contribution >= 0.6 is 11.3 Å². The molecule has 3 heteroatoms. The molecule has 0 aliphatic heterocycles. The molecule has 2 aromatic rings. The van der Waals surface area contributed by atoms with E-state index in [9.17, 15) is 0 Å². The standard InChI is InChI=1S/C15H22N2S/c1-13(2)11-16-12-14-5-3-8-17(14)9-7-15-6-4-10-18-15/h3-6,8,10,13,16H,7,9,11-12H2,1-2H3. The largest absolute Gasteiger partial charge is 0.350 e. The van der Waals surface area contributed by atoms with Gasteiger partial charge in [0.1, 0.15) is 0 Å². The van der Waals surface area contributed by atoms with Gasteiger partial charge in [-0.1, -0.05) is 19.9 Å². The Balaban J connectivity index is 1.83. The molecule has 0 amide bonds. The molecule has 0 saturated heterocycles. The van der Waals surface area contributed by atoms with Gasteiger partial charge in [-0.3, -0.25) is 0 Å². The summed E-state index contributed by atoms with van der Waals surface area (Å²) < 4.78 is 2.35. The van der Waals surface area contributed by atoms with Gasteiger partial charge in [-0.2, -0.15) is 0 Å². The highest BCUT2D eigenvalue weighted by molar-refractivity contribution is 7.09. The number of aromatic nitrogens is 1. The average Bonchev–Trinajstić information content (AvgIpc) is 2.96. The summed E-state index contributed by atoms with van der Waals surface area (Å²) >= 11 is 1.84. The summed E-state index contributed by atoms with van der Waals surface area (Å²) in [5, 5.41) is 5.65. The molecule has 0 bridgehead atoms. The van der Waals surface area contributed by atoms with Gasteiger partial charge in [-0.05, 0) is 42.5 Å². The first-order chi connectivity index (χ1) is 8.75. The van der Waals surface area contributed by atoms with Crippen LogP contribution in [-0.4, -0.2) is 11.1 Å². The fourth-order valence-electron chi connectivity index (χ4n) is 2.00. The fourth-order valence-corrected chi connectivity index (χ4v) is 2.70. The molecule has 1 N–H and O–H groups in total. The molecule has 0 aliphatic rings. The van der Waals surface area contributed by atoms with Crippen LogP contribution < -0.4 is 5.32 Å². The van der Waals surface area contributed by atoms with Crippen LogP contribution in [-0.2, 0) is 19.5 Å². The zero-order valence-electron chi connectivity index (χ0n) is 11.2. The van der Waals surface area contributed by atoms with Crippen molar-refractivity contribution < 1.29 is 0 Å². The summed E-state index contributed by atoms with van der Waals surface area (Å²) in [5.41, 5.74) is 1.38. The van der Waals surface area contributed by atoms with Gasteiger partial charge in [0.15, 0.2) is 0 Å². The van der Waals surface area contributed by atoms with Crippen molar-refractivity contribution in [3.05, 3.63) is 46.4 Å². The van der Waals surface area contributed by atoms with Crippen molar-refractivity contribution in [2.45, 2.75) is 33.4 Å². The van der Waals surface area contributed by atoms with Crippen molar-refractivity contribution in [1.29, 1.82) is 0 Å². The monoisotopic (exact) mass is 262 g/mol. The summed E-state index contributed by atoms with van der Waals surface area (Å²) in [6.45, 7) is 7.60. The minimum atomic E-state index is 0.708. The maximum atomic E-state index is 3.50. The summed E-state index contributed by atoms with van der Waals surface area (Å²) in [6, 6.07) is 8.69. The van der Waals surface area contributed by atoms with E-state index < -0.39 is 0 Å². The number of aryl methyl sites for hydroxylation is 2. The molecule has 2 nitrogen and oxygen atoms in total. The highest BCUT2D eigenvalue weighted by atomic mass is 32.1. The molecule has 0 saturated carbocycles. The Morgan fingerprint density at radius 1 is 1.28 bits per heavy atom. The molecule has 0 fully saturated rings. The molecule has 2 heterocycles. The molecule has 2 aromatic heterocycles. The van der Waals surface area contributed by atoms with Gasteiger partial charge < -0.3 is 9.88 Å². The zero-order chi connectivity index (χ0) is 12.8. The highest BCUT2D eigenvalue weighted by Crippen LogP contribution is 2.11. The lowest BCUT2D eigenvalue weighted by Gasteiger charge is -2.11. The Morgan fingerprint density at radius 3 is 2.89 bits per heavy atom. The van der Waals surface area contributed by atoms with Gasteiger partial charge in [0.25, 0.3) is 0 Å². The van der Waals surface area contributed by atoms with Crippen LogP contribution in [0.3, 0.4) is 0 Å². The van der Waals surface area contributed by atoms with E-state index in [0.717, 1.165) is 26.1 Å². The molecular formula is C15H22N2S. The first kappa shape index (κ1) is 13.4. The van der Waals surface area contributed by atoms with Gasteiger partial charge in [-0.25, -0.2) is 0 Å². The predicted octanol–water partition coefficient (Wildman–Crippen LogP) is 3.54. The summed E-state index contributed by atoms with van der Waals surface area (Å²) in [7, 11) is 0. The molecule has 0 radical (unpaired) electrons. The highest BCUT2D eigenvalue weighted by Gasteiger charge is 2.02. The van der Waals surface area contributed by atoms with Crippen LogP contribution in [0, 0.1) is 5.92 Å². The van der Waals surface area contributed by atoms with E-state index in [4.69, 9.17) is 0 Å². The smallest absolute Gasteiger partial charge is 0.0359 e. The van der Waals surface area contributed by atoms with E-state index in [2.05, 4.69) is 59.6 Å². The van der Waals surface area contributed by atoms with Crippen LogP contribution in [0.25, 0.3) is 0 Å². The number of rotatable bonds is 7. The third kappa shape index (κ3) is 4.00. The van der Waals surface area contributed by atoms with Crippen LogP contribution in [0.5, 0.6) is 0 Å². The zero-order valence-corrected chi connectivity index (χ0v) is 12.0. The van der Waals surface area contributed by atoms with E-state index in [1.165, 1.54) is 10.6 Å². The Hall–Kier alpha value is -1.06. The van der Waals surface area contributed by atoms with Crippen molar-refractivity contribution >= 4 is 11.3 Å². The predicted molar refractivity (Wildman–Crippen MR) is 79.0 cm³/mol. The first-order valence-corrected chi connectivity index (χ1v) is 7.51. The topological polar surface area (TPSA) is 17.0 Å². The lowest BCUT2D eigenvalue weighted by molar-refractivity contribution is 0.534. The lowest BCUT2D eigenvalue weighted by atomic mass is 10.2. The van der Waals surface area contributed by atoms with Crippen molar-refractivity contribution in [3.8, 4) is 0 Å². The Kier molecular flexibility index (Phi) is 5.02. The van der Waals surface area contributed by atoms with Gasteiger partial charge in [-0.15, -0.1) is 11.3 Å². The Labute approximate surface area is 114 Å². The normalized spacial score (nSPS) is 11.3. The second-order valence-corrected chi connectivity index (χ2v) is 6.08. The Bertz CT molecular complexity index is 443. The van der Waals surface area contributed by atoms with E-state index in [1.54, 1.807) is 0 Å². The number of hydrogen-bond donors (Lipinski definition) is 1. The molecule has 0 spiro atoms. The minimum absolute atomic E-state index is 0.708. The maximum absolute atomic E-state index is 3.50. The van der Waals surface area contributed by atoms with Gasteiger partial charge in [0.2, 0.25) is 0 Å². The number of thiophene rings is 1. The Morgan fingerprint density at radius 2 is 2.17 bits per heavy atom. The average molecular weight is 262 g/mol. The van der Waals surface area contributed by atoms with Crippen molar-refractivity contribution in [2.24, 2.45) is 5.92 Å². The SMILES string of the molecule is CC(C)CNCc1cccn1CCc1cccs1. The number of nitrogens with zero attached hydrogens (tertiary/aromatic N) is 1. The summed E-state index contributed by atoms with van der Waals surface area (Å²) in [5.74, 6) is 0.708. The first-order valence-electron chi connectivity index (χ1n) is 6.63. The summed E-state index contributed by atoms with van der Waals surface area (Å²) in [4.78, 5) is 1.46. The van der Waals surface area contributed by atoms with E-state index in [-0.39, 0.29) is 0 Å². The molecular weight excluding hydrogens is 240 g/mol. The van der Waals surface area contributed by atoms with Crippen molar-refractivity contribution in [2.75, 3.05) is 6.54 Å². The second kappa shape index (κ2) is 6.76. The van der Waals surface area contributed by atoms with Crippen molar-refractivity contribution in [1.82, 2.24) is 9.88 Å². The van der Waals surface area contributed by atoms with Gasteiger partial charge in [0.05, 0.1) is 0 Å². The number of hydrogen-bond acceptors (Lipinski definition) is 2. The van der Waals surface area contributed by atoms with Crippen LogP contribution in [0.4, 0.5) is 0 Å². The van der Waals surface area contributed by atoms with Crippen LogP contribution in [0.2, 0.25) is 0 Å². The van der Waals surface area contributed by atoms with Crippen LogP contribution in [0.1, 0.15) is 24.4 Å². The molecule has 98 valence electrons. The lowest BCUT2D eigenvalue weighted by Crippen LogP contribution is -2.21. The molecule has 18 heavy (non-hydrogen) atoms. The van der Waals surface area contributed by atoms with E-state index >= 15 is 0 Å².